The minimum atomic E-state index is -0.162. The molecular weight excluding hydrogens is 258 g/mol. The van der Waals surface area contributed by atoms with Gasteiger partial charge in [0.15, 0.2) is 6.61 Å². The normalized spacial score (nSPS) is 15.0. The Balaban J connectivity index is 1.95. The largest absolute Gasteiger partial charge is 0.482 e. The van der Waals surface area contributed by atoms with Gasteiger partial charge in [0, 0.05) is 19.2 Å². The van der Waals surface area contributed by atoms with E-state index in [1.807, 2.05) is 6.92 Å². The molecule has 6 nitrogen and oxygen atoms in total. The van der Waals surface area contributed by atoms with Gasteiger partial charge in [0.25, 0.3) is 5.91 Å². The van der Waals surface area contributed by atoms with Gasteiger partial charge in [-0.3, -0.25) is 4.79 Å². The van der Waals surface area contributed by atoms with Gasteiger partial charge in [-0.1, -0.05) is 6.92 Å². The lowest BCUT2D eigenvalue weighted by atomic mass is 10.1. The van der Waals surface area contributed by atoms with Crippen LogP contribution in [-0.4, -0.2) is 30.8 Å². The summed E-state index contributed by atoms with van der Waals surface area (Å²) in [5, 5.41) is 15.0. The molecule has 0 aliphatic carbocycles. The van der Waals surface area contributed by atoms with E-state index >= 15 is 0 Å². The van der Waals surface area contributed by atoms with Gasteiger partial charge in [0.05, 0.1) is 17.1 Å². The summed E-state index contributed by atoms with van der Waals surface area (Å²) in [6, 6.07) is 3.50. The van der Waals surface area contributed by atoms with Crippen LogP contribution in [0.4, 0.5) is 17.1 Å². The molecule has 1 aromatic carbocycles. The van der Waals surface area contributed by atoms with Crippen molar-refractivity contribution in [1.82, 2.24) is 0 Å². The fraction of sp³-hybridized carbons (Fsp3) is 0.500. The standard InChI is InChI=1S/C14H21N3O3/c1-9(7-18)3-2-4-16-11-6-12-13(5-10(11)15)20-8-14(19)17-12/h5-6,9,16,18H,2-4,7-8,15H2,1H3,(H,17,19). The SMILES string of the molecule is CC(CO)CCCNc1cc2c(cc1N)OCC(=O)N2. The quantitative estimate of drug-likeness (QED) is 0.466. The first-order chi connectivity index (χ1) is 9.60. The van der Waals surface area contributed by atoms with Gasteiger partial charge in [-0.05, 0) is 24.8 Å². The fourth-order valence-electron chi connectivity index (χ4n) is 2.06. The first-order valence-corrected chi connectivity index (χ1v) is 6.81. The molecule has 1 aliphatic heterocycles. The number of nitrogens with one attached hydrogen (secondary N) is 2. The third kappa shape index (κ3) is 3.54. The Morgan fingerprint density at radius 2 is 2.35 bits per heavy atom. The Labute approximate surface area is 118 Å². The summed E-state index contributed by atoms with van der Waals surface area (Å²) in [4.78, 5) is 11.3. The second kappa shape index (κ2) is 6.47. The van der Waals surface area contributed by atoms with Crippen LogP contribution in [0.15, 0.2) is 12.1 Å². The lowest BCUT2D eigenvalue weighted by Crippen LogP contribution is -2.25. The average molecular weight is 279 g/mol. The Morgan fingerprint density at radius 1 is 1.55 bits per heavy atom. The van der Waals surface area contributed by atoms with E-state index in [2.05, 4.69) is 10.6 Å². The number of benzene rings is 1. The molecule has 2 rings (SSSR count). The molecule has 0 radical (unpaired) electrons. The lowest BCUT2D eigenvalue weighted by Gasteiger charge is -2.20. The predicted octanol–water partition coefficient (Wildman–Crippen LogP) is 1.42. The average Bonchev–Trinajstić information content (AvgIpc) is 2.44. The zero-order valence-corrected chi connectivity index (χ0v) is 11.6. The van der Waals surface area contributed by atoms with Crippen molar-refractivity contribution in [2.24, 2.45) is 5.92 Å². The van der Waals surface area contributed by atoms with Crippen molar-refractivity contribution in [3.05, 3.63) is 12.1 Å². The second-order valence-corrected chi connectivity index (χ2v) is 5.13. The van der Waals surface area contributed by atoms with Gasteiger partial charge in [0.1, 0.15) is 5.75 Å². The maximum absolute atomic E-state index is 11.3. The monoisotopic (exact) mass is 279 g/mol. The zero-order valence-electron chi connectivity index (χ0n) is 11.6. The van der Waals surface area contributed by atoms with Crippen LogP contribution in [0.1, 0.15) is 19.8 Å². The van der Waals surface area contributed by atoms with Crippen molar-refractivity contribution in [2.75, 3.05) is 36.1 Å². The Hall–Kier alpha value is -1.95. The van der Waals surface area contributed by atoms with Gasteiger partial charge in [0.2, 0.25) is 0 Å². The molecule has 0 fully saturated rings. The van der Waals surface area contributed by atoms with E-state index in [4.69, 9.17) is 15.6 Å². The molecule has 1 aromatic rings. The van der Waals surface area contributed by atoms with E-state index in [1.54, 1.807) is 12.1 Å². The molecule has 1 amide bonds. The van der Waals surface area contributed by atoms with Crippen LogP contribution in [0.25, 0.3) is 0 Å². The highest BCUT2D eigenvalue weighted by Gasteiger charge is 2.17. The lowest BCUT2D eigenvalue weighted by molar-refractivity contribution is -0.118. The maximum Gasteiger partial charge on any atom is 0.262 e. The summed E-state index contributed by atoms with van der Waals surface area (Å²) in [6.07, 6.45) is 1.90. The molecule has 20 heavy (non-hydrogen) atoms. The number of anilines is 3. The highest BCUT2D eigenvalue weighted by molar-refractivity contribution is 5.97. The fourth-order valence-corrected chi connectivity index (χ4v) is 2.06. The molecule has 0 saturated carbocycles. The van der Waals surface area contributed by atoms with Gasteiger partial charge in [-0.2, -0.15) is 0 Å². The number of carbonyl (C=O) groups is 1. The highest BCUT2D eigenvalue weighted by atomic mass is 16.5. The molecule has 1 heterocycles. The van der Waals surface area contributed by atoms with E-state index in [0.717, 1.165) is 25.1 Å². The zero-order chi connectivity index (χ0) is 14.5. The first-order valence-electron chi connectivity index (χ1n) is 6.81. The highest BCUT2D eigenvalue weighted by Crippen LogP contribution is 2.35. The van der Waals surface area contributed by atoms with Crippen LogP contribution in [0.3, 0.4) is 0 Å². The molecule has 0 aromatic heterocycles. The Morgan fingerprint density at radius 3 is 3.10 bits per heavy atom. The number of nitrogens with two attached hydrogens (primary N) is 1. The van der Waals surface area contributed by atoms with E-state index < -0.39 is 0 Å². The second-order valence-electron chi connectivity index (χ2n) is 5.13. The number of aliphatic hydroxyl groups excluding tert-OH is 1. The first kappa shape index (κ1) is 14.5. The number of nitrogen functional groups attached to an aromatic ring is 1. The number of hydrogen-bond acceptors (Lipinski definition) is 5. The van der Waals surface area contributed by atoms with Crippen LogP contribution in [-0.2, 0) is 4.79 Å². The topological polar surface area (TPSA) is 96.6 Å². The molecule has 1 atom stereocenters. The summed E-state index contributed by atoms with van der Waals surface area (Å²) < 4.78 is 5.30. The molecule has 0 saturated heterocycles. The molecule has 1 unspecified atom stereocenters. The number of aliphatic hydroxyl groups is 1. The Bertz CT molecular complexity index is 491. The van der Waals surface area contributed by atoms with Crippen LogP contribution in [0.2, 0.25) is 0 Å². The van der Waals surface area contributed by atoms with Crippen LogP contribution in [0.5, 0.6) is 5.75 Å². The van der Waals surface area contributed by atoms with Crippen molar-refractivity contribution in [3.63, 3.8) is 0 Å². The van der Waals surface area contributed by atoms with Crippen molar-refractivity contribution in [3.8, 4) is 5.75 Å². The molecule has 0 bridgehead atoms. The summed E-state index contributed by atoms with van der Waals surface area (Å²) in [7, 11) is 0. The minimum Gasteiger partial charge on any atom is -0.482 e. The van der Waals surface area contributed by atoms with E-state index in [0.29, 0.717) is 23.0 Å². The number of carbonyl (C=O) groups excluding carboxylic acids is 1. The van der Waals surface area contributed by atoms with E-state index in [1.165, 1.54) is 0 Å². The number of amides is 1. The van der Waals surface area contributed by atoms with Gasteiger partial charge in [-0.25, -0.2) is 0 Å². The smallest absolute Gasteiger partial charge is 0.262 e. The minimum absolute atomic E-state index is 0.0261. The summed E-state index contributed by atoms with van der Waals surface area (Å²) >= 11 is 0. The molecule has 1 aliphatic rings. The van der Waals surface area contributed by atoms with Crippen LogP contribution < -0.4 is 21.1 Å². The van der Waals surface area contributed by atoms with E-state index in [-0.39, 0.29) is 19.1 Å². The number of hydrogen-bond donors (Lipinski definition) is 4. The number of rotatable bonds is 6. The Kier molecular flexibility index (Phi) is 4.68. The predicted molar refractivity (Wildman–Crippen MR) is 79.0 cm³/mol. The van der Waals surface area contributed by atoms with Crippen molar-refractivity contribution in [2.45, 2.75) is 19.8 Å². The van der Waals surface area contributed by atoms with Gasteiger partial charge >= 0.3 is 0 Å². The third-order valence-electron chi connectivity index (χ3n) is 3.29. The molecule has 5 N–H and O–H groups in total. The van der Waals surface area contributed by atoms with Crippen LogP contribution >= 0.6 is 0 Å². The number of ether oxygens (including phenoxy) is 1. The van der Waals surface area contributed by atoms with Crippen LogP contribution in [0, 0.1) is 5.92 Å². The molecule has 110 valence electrons. The third-order valence-corrected chi connectivity index (χ3v) is 3.29. The van der Waals surface area contributed by atoms with Crippen molar-refractivity contribution >= 4 is 23.0 Å². The summed E-state index contributed by atoms with van der Waals surface area (Å²) in [5.74, 6) is 0.747. The molecule has 6 heteroatoms. The molecule has 0 spiro atoms. The van der Waals surface area contributed by atoms with Gasteiger partial charge in [-0.15, -0.1) is 0 Å². The van der Waals surface area contributed by atoms with Crippen molar-refractivity contribution in [1.29, 1.82) is 0 Å². The molecular formula is C14H21N3O3. The summed E-state index contributed by atoms with van der Waals surface area (Å²) in [6.45, 7) is 3.02. The maximum atomic E-state index is 11.3. The van der Waals surface area contributed by atoms with Gasteiger partial charge < -0.3 is 26.2 Å². The van der Waals surface area contributed by atoms with Crippen molar-refractivity contribution < 1.29 is 14.6 Å². The number of fused-ring (bicyclic) bond motifs is 1. The summed E-state index contributed by atoms with van der Waals surface area (Å²) in [5.41, 5.74) is 7.97. The van der Waals surface area contributed by atoms with E-state index in [9.17, 15) is 4.79 Å².